The van der Waals surface area contributed by atoms with Gasteiger partial charge in [0.1, 0.15) is 5.82 Å². The molecule has 0 bridgehead atoms. The number of hydrogen-bond donors (Lipinski definition) is 2. The lowest BCUT2D eigenvalue weighted by Crippen LogP contribution is -2.50. The van der Waals surface area contributed by atoms with Crippen LogP contribution in [0.2, 0.25) is 0 Å². The number of rotatable bonds is 6. The summed E-state index contributed by atoms with van der Waals surface area (Å²) >= 11 is 0. The largest absolute Gasteiger partial charge is 0.481 e. The predicted molar refractivity (Wildman–Crippen MR) is 85.0 cm³/mol. The zero-order valence-corrected chi connectivity index (χ0v) is 13.3. The number of carbonyl (C=O) groups excluding carboxylic acids is 1. The molecule has 0 aromatic carbocycles. The van der Waals surface area contributed by atoms with Gasteiger partial charge in [-0.05, 0) is 37.8 Å². The van der Waals surface area contributed by atoms with E-state index in [0.29, 0.717) is 50.2 Å². The molecule has 1 aromatic rings. The van der Waals surface area contributed by atoms with Crippen molar-refractivity contribution in [3.63, 3.8) is 0 Å². The van der Waals surface area contributed by atoms with E-state index in [1.807, 2.05) is 0 Å². The fourth-order valence-electron chi connectivity index (χ4n) is 3.06. The number of aromatic nitrogens is 1. The Morgan fingerprint density at radius 1 is 1.48 bits per heavy atom. The number of nitrogens with zero attached hydrogens (tertiary/aromatic N) is 2. The van der Waals surface area contributed by atoms with Crippen LogP contribution in [-0.4, -0.2) is 53.7 Å². The van der Waals surface area contributed by atoms with Gasteiger partial charge in [0.25, 0.3) is 5.91 Å². The number of nitrogens with two attached hydrogens (primary N) is 1. The van der Waals surface area contributed by atoms with Crippen LogP contribution in [-0.2, 0) is 9.53 Å². The van der Waals surface area contributed by atoms with Crippen molar-refractivity contribution in [2.45, 2.75) is 25.7 Å². The Morgan fingerprint density at radius 3 is 2.87 bits per heavy atom. The molecule has 1 fully saturated rings. The lowest BCUT2D eigenvalue weighted by molar-refractivity contribution is -0.152. The summed E-state index contributed by atoms with van der Waals surface area (Å²) < 4.78 is 5.02. The van der Waals surface area contributed by atoms with E-state index >= 15 is 0 Å². The summed E-state index contributed by atoms with van der Waals surface area (Å²) in [5.41, 5.74) is 5.06. The lowest BCUT2D eigenvalue weighted by Gasteiger charge is -2.40. The number of pyridine rings is 1. The molecule has 0 saturated carbocycles. The SMILES string of the molecule is COCCC[C@@]1(C(=O)O)CCCN(C(=O)c2ccc(N)nc2)C1. The standard InChI is InChI=1S/C16H23N3O4/c1-23-9-3-7-16(15(21)22)6-2-8-19(11-16)14(20)12-4-5-13(17)18-10-12/h4-5,10H,2-3,6-9,11H2,1H3,(H2,17,18)(H,21,22)/t16-/m0/s1. The Hall–Kier alpha value is -2.15. The molecule has 0 spiro atoms. The van der Waals surface area contributed by atoms with E-state index < -0.39 is 11.4 Å². The molecular weight excluding hydrogens is 298 g/mol. The average Bonchev–Trinajstić information content (AvgIpc) is 2.55. The van der Waals surface area contributed by atoms with Crippen molar-refractivity contribution in [3.05, 3.63) is 23.9 Å². The summed E-state index contributed by atoms with van der Waals surface area (Å²) in [6.07, 6.45) is 3.84. The van der Waals surface area contributed by atoms with E-state index in [0.717, 1.165) is 0 Å². The Labute approximate surface area is 135 Å². The quantitative estimate of drug-likeness (QED) is 0.767. The maximum Gasteiger partial charge on any atom is 0.311 e. The van der Waals surface area contributed by atoms with Gasteiger partial charge < -0.3 is 20.5 Å². The maximum atomic E-state index is 12.6. The molecule has 0 radical (unpaired) electrons. The van der Waals surface area contributed by atoms with Crippen molar-refractivity contribution < 1.29 is 19.4 Å². The number of carboxylic acids is 1. The number of methoxy groups -OCH3 is 1. The average molecular weight is 321 g/mol. The van der Waals surface area contributed by atoms with Gasteiger partial charge in [-0.2, -0.15) is 0 Å². The Bertz CT molecular complexity index is 561. The van der Waals surface area contributed by atoms with Crippen LogP contribution in [0.15, 0.2) is 18.3 Å². The van der Waals surface area contributed by atoms with Crippen molar-refractivity contribution in [1.82, 2.24) is 9.88 Å². The van der Waals surface area contributed by atoms with Gasteiger partial charge in [-0.15, -0.1) is 0 Å². The van der Waals surface area contributed by atoms with Crippen LogP contribution in [0.25, 0.3) is 0 Å². The molecule has 1 aliphatic rings. The molecule has 1 saturated heterocycles. The van der Waals surface area contributed by atoms with Gasteiger partial charge >= 0.3 is 5.97 Å². The first kappa shape index (κ1) is 17.2. The molecule has 7 heteroatoms. The molecule has 1 aromatic heterocycles. The molecule has 0 unspecified atom stereocenters. The number of carboxylic acid groups (broad SMARTS) is 1. The number of ether oxygens (including phenoxy) is 1. The molecule has 126 valence electrons. The van der Waals surface area contributed by atoms with Crippen LogP contribution in [0.3, 0.4) is 0 Å². The molecule has 1 amide bonds. The number of piperidine rings is 1. The molecule has 1 aliphatic heterocycles. The van der Waals surface area contributed by atoms with E-state index in [1.54, 1.807) is 24.1 Å². The number of carbonyl (C=O) groups is 2. The molecule has 3 N–H and O–H groups in total. The summed E-state index contributed by atoms with van der Waals surface area (Å²) in [7, 11) is 1.60. The second-order valence-electron chi connectivity index (χ2n) is 5.98. The van der Waals surface area contributed by atoms with Gasteiger partial charge in [-0.25, -0.2) is 4.98 Å². The first-order chi connectivity index (χ1) is 11.0. The molecule has 2 heterocycles. The summed E-state index contributed by atoms with van der Waals surface area (Å²) in [5, 5.41) is 9.69. The van der Waals surface area contributed by atoms with Crippen molar-refractivity contribution in [1.29, 1.82) is 0 Å². The van der Waals surface area contributed by atoms with Crippen LogP contribution in [0.1, 0.15) is 36.0 Å². The predicted octanol–water partition coefficient (Wildman–Crippen LogP) is 1.40. The Kier molecular flexibility index (Phi) is 5.54. The van der Waals surface area contributed by atoms with Gasteiger partial charge in [-0.1, -0.05) is 0 Å². The topological polar surface area (TPSA) is 106 Å². The van der Waals surface area contributed by atoms with E-state index in [-0.39, 0.29) is 12.5 Å². The van der Waals surface area contributed by atoms with Crippen molar-refractivity contribution >= 4 is 17.7 Å². The number of anilines is 1. The molecule has 7 nitrogen and oxygen atoms in total. The second kappa shape index (κ2) is 7.41. The zero-order chi connectivity index (χ0) is 16.9. The van der Waals surface area contributed by atoms with Crippen LogP contribution >= 0.6 is 0 Å². The summed E-state index contributed by atoms with van der Waals surface area (Å²) in [6, 6.07) is 3.19. The van der Waals surface area contributed by atoms with Crippen molar-refractivity contribution in [2.24, 2.45) is 5.41 Å². The van der Waals surface area contributed by atoms with Gasteiger partial charge in [0, 0.05) is 33.0 Å². The van der Waals surface area contributed by atoms with Crippen LogP contribution < -0.4 is 5.73 Å². The summed E-state index contributed by atoms with van der Waals surface area (Å²) in [6.45, 7) is 1.29. The van der Waals surface area contributed by atoms with Crippen LogP contribution in [0.5, 0.6) is 0 Å². The molecular formula is C16H23N3O4. The number of nitrogen functional groups attached to an aromatic ring is 1. The fraction of sp³-hybridized carbons (Fsp3) is 0.562. The first-order valence-corrected chi connectivity index (χ1v) is 7.72. The van der Waals surface area contributed by atoms with Gasteiger partial charge in [-0.3, -0.25) is 9.59 Å². The van der Waals surface area contributed by atoms with E-state index in [4.69, 9.17) is 10.5 Å². The van der Waals surface area contributed by atoms with Gasteiger partial charge in [0.15, 0.2) is 0 Å². The third kappa shape index (κ3) is 3.98. The number of hydrogen-bond acceptors (Lipinski definition) is 5. The highest BCUT2D eigenvalue weighted by atomic mass is 16.5. The smallest absolute Gasteiger partial charge is 0.311 e. The monoisotopic (exact) mass is 321 g/mol. The van der Waals surface area contributed by atoms with E-state index in [2.05, 4.69) is 4.98 Å². The molecule has 23 heavy (non-hydrogen) atoms. The van der Waals surface area contributed by atoms with Crippen molar-refractivity contribution in [3.8, 4) is 0 Å². The third-order valence-corrected chi connectivity index (χ3v) is 4.35. The lowest BCUT2D eigenvalue weighted by atomic mass is 9.76. The summed E-state index contributed by atoms with van der Waals surface area (Å²) in [5.74, 6) is -0.698. The molecule has 1 atom stereocenters. The molecule has 0 aliphatic carbocycles. The minimum Gasteiger partial charge on any atom is -0.481 e. The minimum atomic E-state index is -0.895. The normalized spacial score (nSPS) is 21.2. The van der Waals surface area contributed by atoms with E-state index in [1.165, 1.54) is 6.20 Å². The zero-order valence-electron chi connectivity index (χ0n) is 13.3. The number of amides is 1. The fourth-order valence-corrected chi connectivity index (χ4v) is 3.06. The number of aliphatic carboxylic acids is 1. The van der Waals surface area contributed by atoms with Crippen molar-refractivity contribution in [2.75, 3.05) is 32.5 Å². The Balaban J connectivity index is 2.12. The first-order valence-electron chi connectivity index (χ1n) is 7.72. The maximum absolute atomic E-state index is 12.6. The second-order valence-corrected chi connectivity index (χ2v) is 5.98. The highest BCUT2D eigenvalue weighted by Crippen LogP contribution is 2.35. The molecule has 2 rings (SSSR count). The van der Waals surface area contributed by atoms with Gasteiger partial charge in [0.2, 0.25) is 0 Å². The highest BCUT2D eigenvalue weighted by Gasteiger charge is 2.43. The summed E-state index contributed by atoms with van der Waals surface area (Å²) in [4.78, 5) is 29.9. The highest BCUT2D eigenvalue weighted by molar-refractivity contribution is 5.94. The number of likely N-dealkylation sites (tertiary alicyclic amines) is 1. The van der Waals surface area contributed by atoms with Crippen LogP contribution in [0, 0.1) is 5.41 Å². The van der Waals surface area contributed by atoms with E-state index in [9.17, 15) is 14.7 Å². The minimum absolute atomic E-state index is 0.199. The van der Waals surface area contributed by atoms with Crippen LogP contribution in [0.4, 0.5) is 5.82 Å². The van der Waals surface area contributed by atoms with Gasteiger partial charge in [0.05, 0.1) is 11.0 Å². The Morgan fingerprint density at radius 2 is 2.26 bits per heavy atom. The third-order valence-electron chi connectivity index (χ3n) is 4.35.